The van der Waals surface area contributed by atoms with Gasteiger partial charge in [0.2, 0.25) is 17.6 Å². The highest BCUT2D eigenvalue weighted by atomic mass is 32.2. The van der Waals surface area contributed by atoms with E-state index in [-0.39, 0.29) is 22.1 Å². The maximum Gasteiger partial charge on any atom is 0.252 e. The Hall–Kier alpha value is -1.82. The van der Waals surface area contributed by atoms with Crippen LogP contribution in [0.5, 0.6) is 0 Å². The summed E-state index contributed by atoms with van der Waals surface area (Å²) in [5.74, 6) is 0.736. The average molecular weight is 455 g/mol. The molecule has 0 bridgehead atoms. The number of thiophene rings is 1. The van der Waals surface area contributed by atoms with E-state index in [2.05, 4.69) is 15.5 Å². The summed E-state index contributed by atoms with van der Waals surface area (Å²) in [4.78, 5) is 16.7. The minimum Gasteiger partial charge on any atom is -0.376 e. The van der Waals surface area contributed by atoms with Crippen molar-refractivity contribution in [3.63, 3.8) is 0 Å². The monoisotopic (exact) mass is 454 g/mol. The van der Waals surface area contributed by atoms with Crippen LogP contribution in [0.3, 0.4) is 0 Å². The van der Waals surface area contributed by atoms with Gasteiger partial charge in [-0.3, -0.25) is 4.79 Å². The third-order valence-corrected chi connectivity index (χ3v) is 8.86. The fraction of sp³-hybridized carbons (Fsp3) is 0.632. The standard InChI is InChI=1S/C19H26N4O5S2/c1-2-16-21-18(22-28-16)14-10-17(29-12-14)30(25,26)23-7-5-13(6-8-23)19(24)20-11-15-4-3-9-27-15/h10,12-13,15H,2-9,11H2,1H3,(H,20,24)/t15-/m0/s1. The molecule has 0 saturated carbocycles. The maximum atomic E-state index is 13.0. The first kappa shape index (κ1) is 21.4. The van der Waals surface area contributed by atoms with Gasteiger partial charge in [-0.2, -0.15) is 9.29 Å². The molecule has 11 heteroatoms. The third-order valence-electron chi connectivity index (χ3n) is 5.55. The smallest absolute Gasteiger partial charge is 0.252 e. The molecule has 2 saturated heterocycles. The maximum absolute atomic E-state index is 13.0. The van der Waals surface area contributed by atoms with E-state index in [1.807, 2.05) is 6.92 Å². The summed E-state index contributed by atoms with van der Waals surface area (Å²) in [5, 5.41) is 8.58. The highest BCUT2D eigenvalue weighted by molar-refractivity contribution is 7.91. The average Bonchev–Trinajstić information content (AvgIpc) is 3.53. The van der Waals surface area contributed by atoms with E-state index in [9.17, 15) is 13.2 Å². The Kier molecular flexibility index (Phi) is 6.51. The quantitative estimate of drug-likeness (QED) is 0.681. The molecule has 2 aliphatic heterocycles. The lowest BCUT2D eigenvalue weighted by molar-refractivity contribution is -0.126. The van der Waals surface area contributed by atoms with Crippen LogP contribution in [0.15, 0.2) is 20.2 Å². The van der Waals surface area contributed by atoms with E-state index < -0.39 is 10.0 Å². The van der Waals surface area contributed by atoms with Gasteiger partial charge in [0, 0.05) is 49.5 Å². The lowest BCUT2D eigenvalue weighted by Gasteiger charge is -2.30. The molecule has 164 valence electrons. The number of piperidine rings is 1. The Labute approximate surface area is 179 Å². The topological polar surface area (TPSA) is 115 Å². The molecule has 30 heavy (non-hydrogen) atoms. The van der Waals surface area contributed by atoms with Crippen molar-refractivity contribution in [3.8, 4) is 11.4 Å². The van der Waals surface area contributed by atoms with Gasteiger partial charge in [-0.25, -0.2) is 8.42 Å². The molecule has 0 aliphatic carbocycles. The summed E-state index contributed by atoms with van der Waals surface area (Å²) < 4.78 is 38.4. The Morgan fingerprint density at radius 3 is 2.80 bits per heavy atom. The fourth-order valence-electron chi connectivity index (χ4n) is 3.73. The van der Waals surface area contributed by atoms with Crippen LogP contribution in [0.2, 0.25) is 0 Å². The predicted octanol–water partition coefficient (Wildman–Crippen LogP) is 2.06. The van der Waals surface area contributed by atoms with Gasteiger partial charge in [0.15, 0.2) is 0 Å². The molecule has 2 aliphatic rings. The van der Waals surface area contributed by atoms with Gasteiger partial charge >= 0.3 is 0 Å². The number of carbonyl (C=O) groups is 1. The zero-order chi connectivity index (χ0) is 21.1. The number of hydrogen-bond acceptors (Lipinski definition) is 8. The first-order valence-corrected chi connectivity index (χ1v) is 12.6. The molecule has 0 aromatic carbocycles. The summed E-state index contributed by atoms with van der Waals surface area (Å²) in [6.45, 7) is 3.86. The third kappa shape index (κ3) is 4.58. The molecule has 4 rings (SSSR count). The van der Waals surface area contributed by atoms with Crippen LogP contribution in [0.4, 0.5) is 0 Å². The van der Waals surface area contributed by atoms with Gasteiger partial charge in [0.25, 0.3) is 10.0 Å². The number of ether oxygens (including phenoxy) is 1. The molecule has 0 unspecified atom stereocenters. The van der Waals surface area contributed by atoms with E-state index in [4.69, 9.17) is 9.26 Å². The SMILES string of the molecule is CCc1nc(-c2csc(S(=O)(=O)N3CCC(C(=O)NC[C@@H]4CCCO4)CC3)c2)no1. The Morgan fingerprint density at radius 1 is 1.33 bits per heavy atom. The lowest BCUT2D eigenvalue weighted by Crippen LogP contribution is -2.44. The minimum absolute atomic E-state index is 0.00945. The van der Waals surface area contributed by atoms with Crippen molar-refractivity contribution in [3.05, 3.63) is 17.3 Å². The number of sulfonamides is 1. The Bertz CT molecular complexity index is 973. The van der Waals surface area contributed by atoms with E-state index in [1.54, 1.807) is 11.4 Å². The van der Waals surface area contributed by atoms with E-state index in [1.165, 1.54) is 4.31 Å². The van der Waals surface area contributed by atoms with Gasteiger partial charge in [0.05, 0.1) is 6.10 Å². The number of amides is 1. The van der Waals surface area contributed by atoms with Crippen LogP contribution in [0.1, 0.15) is 38.5 Å². The van der Waals surface area contributed by atoms with Crippen molar-refractivity contribution in [1.82, 2.24) is 19.8 Å². The molecule has 0 radical (unpaired) electrons. The zero-order valence-corrected chi connectivity index (χ0v) is 18.5. The second-order valence-electron chi connectivity index (χ2n) is 7.58. The van der Waals surface area contributed by atoms with E-state index in [0.29, 0.717) is 56.2 Å². The zero-order valence-electron chi connectivity index (χ0n) is 16.9. The van der Waals surface area contributed by atoms with Crippen molar-refractivity contribution in [2.45, 2.75) is 49.3 Å². The van der Waals surface area contributed by atoms with E-state index >= 15 is 0 Å². The van der Waals surface area contributed by atoms with Crippen molar-refractivity contribution in [2.75, 3.05) is 26.2 Å². The van der Waals surface area contributed by atoms with Crippen molar-refractivity contribution in [2.24, 2.45) is 5.92 Å². The summed E-state index contributed by atoms with van der Waals surface area (Å²) in [6, 6.07) is 1.59. The number of hydrogen-bond donors (Lipinski definition) is 1. The van der Waals surface area contributed by atoms with Crippen molar-refractivity contribution < 1.29 is 22.5 Å². The second-order valence-corrected chi connectivity index (χ2v) is 10.7. The van der Waals surface area contributed by atoms with Gasteiger partial charge in [0.1, 0.15) is 4.21 Å². The van der Waals surface area contributed by atoms with Crippen LogP contribution in [-0.4, -0.2) is 61.1 Å². The molecule has 2 fully saturated rings. The fourth-order valence-corrected chi connectivity index (χ4v) is 6.51. The summed E-state index contributed by atoms with van der Waals surface area (Å²) >= 11 is 1.15. The molecular formula is C19H26N4O5S2. The molecule has 1 amide bonds. The Balaban J connectivity index is 1.34. The van der Waals surface area contributed by atoms with Crippen LogP contribution < -0.4 is 5.32 Å². The summed E-state index contributed by atoms with van der Waals surface area (Å²) in [6.07, 6.45) is 3.77. The summed E-state index contributed by atoms with van der Waals surface area (Å²) in [7, 11) is -3.61. The Morgan fingerprint density at radius 2 is 2.13 bits per heavy atom. The number of nitrogens with one attached hydrogen (secondary N) is 1. The molecule has 1 atom stereocenters. The molecule has 1 N–H and O–H groups in total. The number of aryl methyl sites for hydroxylation is 1. The molecule has 0 spiro atoms. The first-order valence-electron chi connectivity index (χ1n) is 10.3. The molecule has 2 aromatic heterocycles. The second kappa shape index (κ2) is 9.13. The number of carbonyl (C=O) groups excluding carboxylic acids is 1. The molecule has 4 heterocycles. The summed E-state index contributed by atoms with van der Waals surface area (Å²) in [5.41, 5.74) is 0.630. The predicted molar refractivity (Wildman–Crippen MR) is 110 cm³/mol. The van der Waals surface area contributed by atoms with Gasteiger partial charge in [-0.15, -0.1) is 11.3 Å². The molecule has 2 aromatic rings. The van der Waals surface area contributed by atoms with E-state index in [0.717, 1.165) is 30.8 Å². The molecule has 9 nitrogen and oxygen atoms in total. The van der Waals surface area contributed by atoms with Crippen molar-refractivity contribution in [1.29, 1.82) is 0 Å². The van der Waals surface area contributed by atoms with Crippen LogP contribution in [0.25, 0.3) is 11.4 Å². The molecular weight excluding hydrogens is 428 g/mol. The number of nitrogens with zero attached hydrogens (tertiary/aromatic N) is 3. The lowest BCUT2D eigenvalue weighted by atomic mass is 9.97. The van der Waals surface area contributed by atoms with Crippen LogP contribution in [-0.2, 0) is 26.0 Å². The largest absolute Gasteiger partial charge is 0.376 e. The van der Waals surface area contributed by atoms with Gasteiger partial charge in [-0.1, -0.05) is 12.1 Å². The van der Waals surface area contributed by atoms with Crippen LogP contribution >= 0.6 is 11.3 Å². The van der Waals surface area contributed by atoms with Gasteiger partial charge < -0.3 is 14.6 Å². The number of rotatable bonds is 7. The van der Waals surface area contributed by atoms with Crippen LogP contribution in [0, 0.1) is 5.92 Å². The highest BCUT2D eigenvalue weighted by Gasteiger charge is 2.33. The first-order chi connectivity index (χ1) is 14.5. The minimum atomic E-state index is -3.61. The van der Waals surface area contributed by atoms with Crippen molar-refractivity contribution >= 4 is 27.3 Å². The highest BCUT2D eigenvalue weighted by Crippen LogP contribution is 2.31. The van der Waals surface area contributed by atoms with Gasteiger partial charge in [-0.05, 0) is 31.7 Å². The normalized spacial score (nSPS) is 21.2. The number of aromatic nitrogens is 2.